The van der Waals surface area contributed by atoms with E-state index >= 15 is 0 Å². The maximum Gasteiger partial charge on any atom is 0.237 e. The molecule has 3 nitrogen and oxygen atoms in total. The van der Waals surface area contributed by atoms with E-state index in [1.807, 2.05) is 0 Å². The van der Waals surface area contributed by atoms with E-state index < -0.39 is 0 Å². The minimum Gasteiger partial charge on any atom is -0.326 e. The first-order valence-corrected chi connectivity index (χ1v) is 7.61. The molecule has 0 aliphatic carbocycles. The Morgan fingerprint density at radius 1 is 1.39 bits per heavy atom. The van der Waals surface area contributed by atoms with Crippen LogP contribution in [0.2, 0.25) is 0 Å². The molecule has 0 aromatic heterocycles. The summed E-state index contributed by atoms with van der Waals surface area (Å²) in [7, 11) is 0. The van der Waals surface area contributed by atoms with E-state index in [1.165, 1.54) is 25.7 Å². The third-order valence-corrected chi connectivity index (χ3v) is 3.88. The van der Waals surface area contributed by atoms with Crippen LogP contribution in [-0.2, 0) is 4.79 Å². The molecule has 3 heteroatoms. The Balaban J connectivity index is 2.51. The van der Waals surface area contributed by atoms with Gasteiger partial charge in [-0.1, -0.05) is 47.0 Å². The second kappa shape index (κ2) is 7.78. The molecule has 1 N–H and O–H groups in total. The Morgan fingerprint density at radius 2 is 2.11 bits per heavy atom. The van der Waals surface area contributed by atoms with Crippen molar-refractivity contribution < 1.29 is 4.79 Å². The Morgan fingerprint density at radius 3 is 2.67 bits per heavy atom. The highest BCUT2D eigenvalue weighted by molar-refractivity contribution is 5.80. The van der Waals surface area contributed by atoms with Gasteiger partial charge in [0.1, 0.15) is 0 Å². The lowest BCUT2D eigenvalue weighted by Gasteiger charge is -2.29. The van der Waals surface area contributed by atoms with Gasteiger partial charge in [-0.3, -0.25) is 10.1 Å². The molecule has 1 fully saturated rings. The van der Waals surface area contributed by atoms with E-state index in [4.69, 9.17) is 0 Å². The molecule has 2 atom stereocenters. The van der Waals surface area contributed by atoms with Gasteiger partial charge in [-0.05, 0) is 24.7 Å². The van der Waals surface area contributed by atoms with Crippen molar-refractivity contribution in [3.05, 3.63) is 0 Å². The number of amides is 1. The number of hydrogen-bond donors (Lipinski definition) is 1. The average molecular weight is 254 g/mol. The monoisotopic (exact) mass is 254 g/mol. The molecular formula is C15H30N2O. The minimum absolute atomic E-state index is 0.271. The fourth-order valence-corrected chi connectivity index (χ4v) is 2.67. The minimum atomic E-state index is 0.271. The van der Waals surface area contributed by atoms with Crippen molar-refractivity contribution in [3.8, 4) is 0 Å². The van der Waals surface area contributed by atoms with Crippen LogP contribution in [-0.4, -0.2) is 30.1 Å². The van der Waals surface area contributed by atoms with Crippen LogP contribution in [0.5, 0.6) is 0 Å². The second-order valence-electron chi connectivity index (χ2n) is 5.99. The van der Waals surface area contributed by atoms with Crippen LogP contribution in [0.15, 0.2) is 0 Å². The lowest BCUT2D eigenvalue weighted by Crippen LogP contribution is -2.41. The third-order valence-electron chi connectivity index (χ3n) is 3.88. The van der Waals surface area contributed by atoms with Gasteiger partial charge in [0, 0.05) is 6.54 Å². The van der Waals surface area contributed by atoms with Crippen LogP contribution in [0.4, 0.5) is 0 Å². The summed E-state index contributed by atoms with van der Waals surface area (Å²) in [6.07, 6.45) is 6.30. The molecule has 2 unspecified atom stereocenters. The van der Waals surface area contributed by atoms with Crippen molar-refractivity contribution >= 4 is 5.91 Å². The molecule has 1 aliphatic rings. The SMILES string of the molecule is CCCCC(CC)CN1C(=O)CNC1CC(C)C. The number of nitrogens with one attached hydrogen (secondary N) is 1. The summed E-state index contributed by atoms with van der Waals surface area (Å²) >= 11 is 0. The Hall–Kier alpha value is -0.570. The van der Waals surface area contributed by atoms with E-state index in [0.717, 1.165) is 13.0 Å². The number of hydrogen-bond acceptors (Lipinski definition) is 2. The molecule has 1 saturated heterocycles. The highest BCUT2D eigenvalue weighted by Crippen LogP contribution is 2.20. The molecule has 1 rings (SSSR count). The van der Waals surface area contributed by atoms with E-state index in [9.17, 15) is 4.79 Å². The van der Waals surface area contributed by atoms with Crippen molar-refractivity contribution in [3.63, 3.8) is 0 Å². The van der Waals surface area contributed by atoms with E-state index in [1.54, 1.807) is 0 Å². The van der Waals surface area contributed by atoms with Crippen molar-refractivity contribution in [2.75, 3.05) is 13.1 Å². The van der Waals surface area contributed by atoms with Crippen LogP contribution in [0, 0.1) is 11.8 Å². The zero-order valence-electron chi connectivity index (χ0n) is 12.5. The quantitative estimate of drug-likeness (QED) is 0.722. The smallest absolute Gasteiger partial charge is 0.237 e. The summed E-state index contributed by atoms with van der Waals surface area (Å²) in [5, 5.41) is 3.35. The predicted molar refractivity (Wildman–Crippen MR) is 76.3 cm³/mol. The fourth-order valence-electron chi connectivity index (χ4n) is 2.67. The highest BCUT2D eigenvalue weighted by atomic mass is 16.2. The van der Waals surface area contributed by atoms with Crippen LogP contribution < -0.4 is 5.32 Å². The highest BCUT2D eigenvalue weighted by Gasteiger charge is 2.31. The maximum absolute atomic E-state index is 12.0. The standard InChI is InChI=1S/C15H30N2O/c1-5-7-8-13(6-2)11-17-14(9-12(3)4)16-10-15(17)18/h12-14,16H,5-11H2,1-4H3. The fraction of sp³-hybridized carbons (Fsp3) is 0.933. The lowest BCUT2D eigenvalue weighted by atomic mass is 9.98. The topological polar surface area (TPSA) is 32.3 Å². The normalized spacial score (nSPS) is 21.9. The summed E-state index contributed by atoms with van der Waals surface area (Å²) in [6, 6.07) is 0. The summed E-state index contributed by atoms with van der Waals surface area (Å²) < 4.78 is 0. The first kappa shape index (κ1) is 15.5. The van der Waals surface area contributed by atoms with Crippen LogP contribution in [0.3, 0.4) is 0 Å². The lowest BCUT2D eigenvalue weighted by molar-refractivity contribution is -0.128. The summed E-state index contributed by atoms with van der Waals surface area (Å²) in [6.45, 7) is 10.4. The van der Waals surface area contributed by atoms with E-state index in [2.05, 4.69) is 37.9 Å². The van der Waals surface area contributed by atoms with Gasteiger partial charge in [-0.15, -0.1) is 0 Å². The summed E-state index contributed by atoms with van der Waals surface area (Å²) in [4.78, 5) is 14.0. The number of carbonyl (C=O) groups is 1. The molecular weight excluding hydrogens is 224 g/mol. The molecule has 0 radical (unpaired) electrons. The largest absolute Gasteiger partial charge is 0.326 e. The number of nitrogens with zero attached hydrogens (tertiary/aromatic N) is 1. The van der Waals surface area contributed by atoms with Crippen LogP contribution in [0.1, 0.15) is 59.8 Å². The first-order chi connectivity index (χ1) is 8.58. The van der Waals surface area contributed by atoms with Crippen molar-refractivity contribution in [1.82, 2.24) is 10.2 Å². The van der Waals surface area contributed by atoms with Gasteiger partial charge in [-0.2, -0.15) is 0 Å². The van der Waals surface area contributed by atoms with Gasteiger partial charge >= 0.3 is 0 Å². The zero-order valence-corrected chi connectivity index (χ0v) is 12.5. The van der Waals surface area contributed by atoms with Gasteiger partial charge in [0.05, 0.1) is 12.7 Å². The molecule has 0 bridgehead atoms. The number of carbonyl (C=O) groups excluding carboxylic acids is 1. The molecule has 106 valence electrons. The molecule has 0 aromatic carbocycles. The van der Waals surface area contributed by atoms with Crippen molar-refractivity contribution in [2.45, 2.75) is 66.0 Å². The number of unbranched alkanes of at least 4 members (excludes halogenated alkanes) is 1. The maximum atomic E-state index is 12.0. The van der Waals surface area contributed by atoms with Gasteiger partial charge in [0.15, 0.2) is 0 Å². The van der Waals surface area contributed by atoms with Crippen LogP contribution >= 0.6 is 0 Å². The van der Waals surface area contributed by atoms with E-state index in [-0.39, 0.29) is 12.1 Å². The summed E-state index contributed by atoms with van der Waals surface area (Å²) in [5.74, 6) is 1.59. The van der Waals surface area contributed by atoms with E-state index in [0.29, 0.717) is 18.4 Å². The molecule has 0 aromatic rings. The average Bonchev–Trinajstić information content (AvgIpc) is 2.65. The van der Waals surface area contributed by atoms with Gasteiger partial charge in [0.2, 0.25) is 5.91 Å². The predicted octanol–water partition coefficient (Wildman–Crippen LogP) is 3.01. The van der Waals surface area contributed by atoms with Gasteiger partial charge in [0.25, 0.3) is 0 Å². The number of rotatable bonds is 8. The first-order valence-electron chi connectivity index (χ1n) is 7.61. The third kappa shape index (κ3) is 4.60. The molecule has 1 aliphatic heterocycles. The van der Waals surface area contributed by atoms with Gasteiger partial charge in [-0.25, -0.2) is 0 Å². The van der Waals surface area contributed by atoms with Gasteiger partial charge < -0.3 is 4.90 Å². The summed E-state index contributed by atoms with van der Waals surface area (Å²) in [5.41, 5.74) is 0. The molecule has 1 amide bonds. The molecule has 1 heterocycles. The molecule has 0 spiro atoms. The van der Waals surface area contributed by atoms with Crippen LogP contribution in [0.25, 0.3) is 0 Å². The Kier molecular flexibility index (Phi) is 6.69. The second-order valence-corrected chi connectivity index (χ2v) is 5.99. The molecule has 18 heavy (non-hydrogen) atoms. The Bertz CT molecular complexity index is 253. The molecule has 0 saturated carbocycles. The Labute approximate surface area is 112 Å². The van der Waals surface area contributed by atoms with Crippen molar-refractivity contribution in [1.29, 1.82) is 0 Å². The van der Waals surface area contributed by atoms with Crippen molar-refractivity contribution in [2.24, 2.45) is 11.8 Å². The zero-order chi connectivity index (χ0) is 13.5.